The second-order valence-electron chi connectivity index (χ2n) is 7.77. The largest absolute Gasteiger partial charge is 0.207 e. The molecule has 29 heavy (non-hydrogen) atoms. The highest BCUT2D eigenvalue weighted by atomic mass is 19.1. The number of nitrogens with zero attached hydrogens (tertiary/aromatic N) is 1. The number of aryl methyl sites for hydroxylation is 1. The lowest BCUT2D eigenvalue weighted by Crippen LogP contribution is -1.94. The molecular formula is C26H23F2N. The van der Waals surface area contributed by atoms with Crippen LogP contribution in [-0.2, 0) is 12.8 Å². The molecule has 4 rings (SSSR count). The van der Waals surface area contributed by atoms with Gasteiger partial charge in [0.25, 0.3) is 0 Å². The van der Waals surface area contributed by atoms with E-state index >= 15 is 0 Å². The third-order valence-electron chi connectivity index (χ3n) is 5.77. The van der Waals surface area contributed by atoms with Crippen molar-refractivity contribution in [1.82, 2.24) is 0 Å². The summed E-state index contributed by atoms with van der Waals surface area (Å²) in [4.78, 5) is 0. The number of benzene rings is 3. The number of nitriles is 1. The van der Waals surface area contributed by atoms with E-state index in [0.29, 0.717) is 0 Å². The van der Waals surface area contributed by atoms with Crippen molar-refractivity contribution in [2.75, 3.05) is 0 Å². The van der Waals surface area contributed by atoms with Crippen LogP contribution in [0.1, 0.15) is 54.9 Å². The lowest BCUT2D eigenvalue weighted by molar-refractivity contribution is 0.594. The van der Waals surface area contributed by atoms with Crippen LogP contribution < -0.4 is 0 Å². The van der Waals surface area contributed by atoms with Crippen LogP contribution >= 0.6 is 0 Å². The maximum absolute atomic E-state index is 14.6. The zero-order chi connectivity index (χ0) is 20.4. The maximum Gasteiger partial charge on any atom is 0.141 e. The Morgan fingerprint density at radius 3 is 2.34 bits per heavy atom. The van der Waals surface area contributed by atoms with E-state index in [1.54, 1.807) is 12.1 Å². The summed E-state index contributed by atoms with van der Waals surface area (Å²) in [6.45, 7) is 2.17. The summed E-state index contributed by atoms with van der Waals surface area (Å²) < 4.78 is 28.6. The molecule has 0 fully saturated rings. The summed E-state index contributed by atoms with van der Waals surface area (Å²) in [6, 6.07) is 16.2. The van der Waals surface area contributed by atoms with Crippen LogP contribution in [-0.4, -0.2) is 0 Å². The molecule has 0 saturated heterocycles. The van der Waals surface area contributed by atoms with Crippen LogP contribution in [0, 0.1) is 23.0 Å². The Kier molecular flexibility index (Phi) is 5.45. The van der Waals surface area contributed by atoms with Crippen LogP contribution in [0.3, 0.4) is 0 Å². The van der Waals surface area contributed by atoms with Gasteiger partial charge in [-0.1, -0.05) is 56.5 Å². The fourth-order valence-electron chi connectivity index (χ4n) is 4.17. The first kappa shape index (κ1) is 19.3. The van der Waals surface area contributed by atoms with E-state index in [9.17, 15) is 8.78 Å². The van der Waals surface area contributed by atoms with Gasteiger partial charge in [-0.05, 0) is 76.4 Å². The molecular weight excluding hydrogens is 364 g/mol. The topological polar surface area (TPSA) is 23.8 Å². The van der Waals surface area contributed by atoms with Crippen molar-refractivity contribution in [2.24, 2.45) is 0 Å². The van der Waals surface area contributed by atoms with Crippen LogP contribution in [0.15, 0.2) is 48.5 Å². The molecule has 0 aliphatic heterocycles. The first-order chi connectivity index (χ1) is 14.1. The number of unbranched alkanes of at least 4 members (excludes halogenated alkanes) is 3. The second-order valence-corrected chi connectivity index (χ2v) is 7.77. The molecule has 0 spiro atoms. The molecule has 0 amide bonds. The van der Waals surface area contributed by atoms with Crippen molar-refractivity contribution < 1.29 is 8.78 Å². The van der Waals surface area contributed by atoms with Crippen molar-refractivity contribution in [3.8, 4) is 28.3 Å². The summed E-state index contributed by atoms with van der Waals surface area (Å²) in [7, 11) is 0. The first-order valence-electron chi connectivity index (χ1n) is 10.3. The zero-order valence-electron chi connectivity index (χ0n) is 16.6. The van der Waals surface area contributed by atoms with Crippen molar-refractivity contribution in [1.29, 1.82) is 5.26 Å². The molecule has 3 heteroatoms. The Bertz CT molecular complexity index is 1110. The quantitative estimate of drug-likeness (QED) is 0.321. The molecule has 0 bridgehead atoms. The predicted octanol–water partition coefficient (Wildman–Crippen LogP) is 7.20. The Morgan fingerprint density at radius 1 is 0.828 bits per heavy atom. The molecule has 0 aromatic heterocycles. The van der Waals surface area contributed by atoms with Gasteiger partial charge in [-0.25, -0.2) is 8.78 Å². The summed E-state index contributed by atoms with van der Waals surface area (Å²) in [5, 5.41) is 8.91. The Hall–Kier alpha value is -2.99. The third-order valence-corrected chi connectivity index (χ3v) is 5.77. The molecule has 146 valence electrons. The Morgan fingerprint density at radius 2 is 1.59 bits per heavy atom. The Balaban J connectivity index is 1.61. The predicted molar refractivity (Wildman–Crippen MR) is 113 cm³/mol. The fourth-order valence-corrected chi connectivity index (χ4v) is 4.17. The molecule has 3 aromatic carbocycles. The minimum Gasteiger partial charge on any atom is -0.207 e. The van der Waals surface area contributed by atoms with Gasteiger partial charge >= 0.3 is 0 Å². The molecule has 0 heterocycles. The molecule has 3 aromatic rings. The molecule has 0 unspecified atom stereocenters. The van der Waals surface area contributed by atoms with Crippen LogP contribution in [0.4, 0.5) is 8.78 Å². The number of halogens is 2. The lowest BCUT2D eigenvalue weighted by Gasteiger charge is -2.08. The van der Waals surface area contributed by atoms with Crippen molar-refractivity contribution >= 4 is 0 Å². The average molecular weight is 387 g/mol. The van der Waals surface area contributed by atoms with Crippen molar-refractivity contribution in [3.05, 3.63) is 82.4 Å². The lowest BCUT2D eigenvalue weighted by atomic mass is 9.97. The van der Waals surface area contributed by atoms with Crippen LogP contribution in [0.2, 0.25) is 0 Å². The van der Waals surface area contributed by atoms with E-state index in [1.165, 1.54) is 25.0 Å². The van der Waals surface area contributed by atoms with Gasteiger partial charge in [0.2, 0.25) is 0 Å². The highest BCUT2D eigenvalue weighted by Crippen LogP contribution is 2.40. The van der Waals surface area contributed by atoms with Crippen molar-refractivity contribution in [2.45, 2.75) is 45.4 Å². The van der Waals surface area contributed by atoms with Gasteiger partial charge in [-0.3, -0.25) is 0 Å². The van der Waals surface area contributed by atoms with Gasteiger partial charge in [-0.2, -0.15) is 5.26 Å². The minimum absolute atomic E-state index is 0.0456. The summed E-state index contributed by atoms with van der Waals surface area (Å²) >= 11 is 0. The standard InChI is InChI=1S/C26H23F2N/c1-2-3-4-5-6-19-12-22-13-21-11-17(9-10-23(21)24(22)15-26(19)28)18-7-8-20(16-29)25(27)14-18/h7-12,14-15H,2-6,13H2,1H3. The monoisotopic (exact) mass is 387 g/mol. The van der Waals surface area contributed by atoms with E-state index in [0.717, 1.165) is 64.6 Å². The van der Waals surface area contributed by atoms with E-state index in [4.69, 9.17) is 5.26 Å². The molecule has 0 atom stereocenters. The SMILES string of the molecule is CCCCCCc1cc2c(cc1F)-c1ccc(-c3ccc(C#N)c(F)c3)cc1C2. The molecule has 0 N–H and O–H groups in total. The van der Waals surface area contributed by atoms with Gasteiger partial charge in [0.05, 0.1) is 5.56 Å². The van der Waals surface area contributed by atoms with E-state index < -0.39 is 5.82 Å². The number of fused-ring (bicyclic) bond motifs is 3. The first-order valence-corrected chi connectivity index (χ1v) is 10.3. The fraction of sp³-hybridized carbons (Fsp3) is 0.269. The molecule has 0 saturated carbocycles. The van der Waals surface area contributed by atoms with Gasteiger partial charge in [0, 0.05) is 0 Å². The highest BCUT2D eigenvalue weighted by molar-refractivity contribution is 5.80. The summed E-state index contributed by atoms with van der Waals surface area (Å²) in [5.41, 5.74) is 6.80. The summed E-state index contributed by atoms with van der Waals surface area (Å²) in [6.07, 6.45) is 6.07. The minimum atomic E-state index is -0.511. The molecule has 1 aliphatic rings. The normalized spacial score (nSPS) is 11.8. The summed E-state index contributed by atoms with van der Waals surface area (Å²) in [5.74, 6) is -0.630. The molecule has 1 nitrogen and oxygen atoms in total. The van der Waals surface area contributed by atoms with Crippen LogP contribution in [0.5, 0.6) is 0 Å². The molecule has 0 radical (unpaired) electrons. The Labute approximate surface area is 170 Å². The van der Waals surface area contributed by atoms with Gasteiger partial charge in [0.1, 0.15) is 17.7 Å². The van der Waals surface area contributed by atoms with E-state index in [1.807, 2.05) is 24.3 Å². The van der Waals surface area contributed by atoms with E-state index in [-0.39, 0.29) is 11.4 Å². The molecule has 1 aliphatic carbocycles. The van der Waals surface area contributed by atoms with Crippen molar-refractivity contribution in [3.63, 3.8) is 0 Å². The number of rotatable bonds is 6. The van der Waals surface area contributed by atoms with Gasteiger partial charge in [0.15, 0.2) is 0 Å². The average Bonchev–Trinajstić information content (AvgIpc) is 3.07. The number of hydrogen-bond acceptors (Lipinski definition) is 1. The zero-order valence-corrected chi connectivity index (χ0v) is 16.6. The highest BCUT2D eigenvalue weighted by Gasteiger charge is 2.21. The maximum atomic E-state index is 14.6. The second kappa shape index (κ2) is 8.17. The van der Waals surface area contributed by atoms with Crippen LogP contribution in [0.25, 0.3) is 22.3 Å². The van der Waals surface area contributed by atoms with Gasteiger partial charge < -0.3 is 0 Å². The van der Waals surface area contributed by atoms with Gasteiger partial charge in [-0.15, -0.1) is 0 Å². The third kappa shape index (κ3) is 3.80. The number of hydrogen-bond donors (Lipinski definition) is 0. The smallest absolute Gasteiger partial charge is 0.141 e. The van der Waals surface area contributed by atoms with E-state index in [2.05, 4.69) is 13.0 Å².